The number of thiol groups is 1. The highest BCUT2D eigenvalue weighted by atomic mass is 32.1. The van der Waals surface area contributed by atoms with Crippen LogP contribution in [0.15, 0.2) is 36.5 Å². The Balaban J connectivity index is 2.19. The molecule has 1 aromatic carbocycles. The van der Waals surface area contributed by atoms with Crippen molar-refractivity contribution in [1.29, 1.82) is 0 Å². The molecule has 0 aliphatic carbocycles. The lowest BCUT2D eigenvalue weighted by molar-refractivity contribution is -0.890. The zero-order chi connectivity index (χ0) is 21.3. The molecule has 1 aromatic heterocycles. The summed E-state index contributed by atoms with van der Waals surface area (Å²) in [5.41, 5.74) is 2.08. The van der Waals surface area contributed by atoms with Gasteiger partial charge in [0.15, 0.2) is 24.2 Å². The van der Waals surface area contributed by atoms with Crippen molar-refractivity contribution in [2.45, 2.75) is 13.0 Å². The molecule has 6 heteroatoms. The van der Waals surface area contributed by atoms with E-state index < -0.39 is 0 Å². The summed E-state index contributed by atoms with van der Waals surface area (Å²) in [4.78, 5) is 0. The van der Waals surface area contributed by atoms with Crippen LogP contribution in [0.2, 0.25) is 0 Å². The molecule has 0 unspecified atom stereocenters. The minimum Gasteiger partial charge on any atom is -0.496 e. The minimum absolute atomic E-state index is 0.651. The number of hydrogen-bond donors (Lipinski definition) is 1. The summed E-state index contributed by atoms with van der Waals surface area (Å²) in [6.07, 6.45) is 7.39. The van der Waals surface area contributed by atoms with E-state index in [4.69, 9.17) is 14.2 Å². The number of hydrogen-bond acceptors (Lipinski definition) is 4. The number of rotatable bonds is 11. The van der Waals surface area contributed by atoms with Crippen molar-refractivity contribution in [2.24, 2.45) is 0 Å². The minimum atomic E-state index is 0.651. The topological polar surface area (TPSA) is 31.6 Å². The number of quaternary nitrogens is 1. The molecule has 0 aliphatic rings. The number of methoxy groups -OCH3 is 3. The Morgan fingerprint density at radius 2 is 1.62 bits per heavy atom. The molecule has 2 rings (SSSR count). The van der Waals surface area contributed by atoms with Crippen LogP contribution in [0.5, 0.6) is 17.2 Å². The molecule has 0 saturated heterocycles. The van der Waals surface area contributed by atoms with Crippen molar-refractivity contribution < 1.29 is 23.3 Å². The Morgan fingerprint density at radius 1 is 0.931 bits per heavy atom. The average Bonchev–Trinajstić information content (AvgIpc) is 2.72. The number of aromatic nitrogens is 1. The first-order valence-electron chi connectivity index (χ1n) is 9.83. The number of nitrogens with zero attached hydrogens (tertiary/aromatic N) is 2. The summed E-state index contributed by atoms with van der Waals surface area (Å²) in [5.74, 6) is 2.98. The quantitative estimate of drug-likeness (QED) is 0.344. The molecule has 0 bridgehead atoms. The summed E-state index contributed by atoms with van der Waals surface area (Å²) in [7, 11) is 9.44. The van der Waals surface area contributed by atoms with Gasteiger partial charge in [0.25, 0.3) is 0 Å². The fourth-order valence-corrected chi connectivity index (χ4v) is 3.80. The fraction of sp³-hybridized carbons (Fsp3) is 0.435. The van der Waals surface area contributed by atoms with Crippen LogP contribution in [-0.4, -0.2) is 58.8 Å². The second-order valence-corrected chi connectivity index (χ2v) is 8.01. The Hall–Kier alpha value is -2.18. The van der Waals surface area contributed by atoms with Gasteiger partial charge in [0.05, 0.1) is 54.9 Å². The third kappa shape index (κ3) is 6.68. The van der Waals surface area contributed by atoms with Crippen LogP contribution in [0, 0.1) is 0 Å². The molecular formula is C23H34N2O3S+2. The standard InChI is InChI=1S/C23H33N2O3S/c1-25(2,15-16-29)14-8-13-24-12-7-6-9-20(24)11-10-19-17-22(27-4)23(28-5)18-21(19)26-3/h6-7,9-12,17-18H,8,13-16H2,1-5H3/q+1/p+1/b11-10+. The number of aryl methyl sites for hydroxylation is 1. The van der Waals surface area contributed by atoms with Gasteiger partial charge < -0.3 is 18.7 Å². The van der Waals surface area contributed by atoms with Crippen LogP contribution in [-0.2, 0) is 6.54 Å². The van der Waals surface area contributed by atoms with Gasteiger partial charge in [-0.15, -0.1) is 0 Å². The number of pyridine rings is 1. The van der Waals surface area contributed by atoms with Crippen LogP contribution >= 0.6 is 12.6 Å². The van der Waals surface area contributed by atoms with Crippen molar-refractivity contribution in [2.75, 3.05) is 54.3 Å². The van der Waals surface area contributed by atoms with Gasteiger partial charge in [-0.1, -0.05) is 0 Å². The van der Waals surface area contributed by atoms with Crippen LogP contribution in [0.25, 0.3) is 12.2 Å². The summed E-state index contributed by atoms with van der Waals surface area (Å²) < 4.78 is 19.6. The third-order valence-electron chi connectivity index (χ3n) is 5.01. The molecule has 0 saturated carbocycles. The predicted molar refractivity (Wildman–Crippen MR) is 122 cm³/mol. The number of benzene rings is 1. The van der Waals surface area contributed by atoms with Gasteiger partial charge in [-0.3, -0.25) is 0 Å². The highest BCUT2D eigenvalue weighted by Gasteiger charge is 2.16. The van der Waals surface area contributed by atoms with E-state index in [-0.39, 0.29) is 0 Å². The van der Waals surface area contributed by atoms with E-state index in [1.54, 1.807) is 21.3 Å². The zero-order valence-corrected chi connectivity index (χ0v) is 19.1. The summed E-state index contributed by atoms with van der Waals surface area (Å²) >= 11 is 4.37. The van der Waals surface area contributed by atoms with Gasteiger partial charge in [-0.2, -0.15) is 17.2 Å². The van der Waals surface area contributed by atoms with E-state index in [9.17, 15) is 0 Å². The van der Waals surface area contributed by atoms with E-state index in [1.165, 1.54) is 0 Å². The SMILES string of the molecule is COc1cc(OC)c(OC)cc1/C=C/c1cccc[n+]1CCC[N+](C)(C)CCS. The highest BCUT2D eigenvalue weighted by molar-refractivity contribution is 7.80. The third-order valence-corrected chi connectivity index (χ3v) is 5.21. The summed E-state index contributed by atoms with van der Waals surface area (Å²) in [6.45, 7) is 3.17. The second-order valence-electron chi connectivity index (χ2n) is 7.56. The Labute approximate surface area is 180 Å². The second kappa shape index (κ2) is 11.1. The van der Waals surface area contributed by atoms with Gasteiger partial charge in [0.2, 0.25) is 5.69 Å². The van der Waals surface area contributed by atoms with Crippen molar-refractivity contribution >= 4 is 24.8 Å². The number of ether oxygens (including phenoxy) is 3. The lowest BCUT2D eigenvalue weighted by Gasteiger charge is -2.28. The lowest BCUT2D eigenvalue weighted by atomic mass is 10.1. The van der Waals surface area contributed by atoms with E-state index in [2.05, 4.69) is 61.8 Å². The smallest absolute Gasteiger partial charge is 0.205 e. The van der Waals surface area contributed by atoms with Gasteiger partial charge >= 0.3 is 0 Å². The van der Waals surface area contributed by atoms with Crippen molar-refractivity contribution in [3.8, 4) is 17.2 Å². The largest absolute Gasteiger partial charge is 0.496 e. The summed E-state index contributed by atoms with van der Waals surface area (Å²) in [5, 5.41) is 0. The van der Waals surface area contributed by atoms with Gasteiger partial charge in [0, 0.05) is 35.6 Å². The molecule has 0 amide bonds. The van der Waals surface area contributed by atoms with Crippen LogP contribution in [0.3, 0.4) is 0 Å². The molecule has 29 heavy (non-hydrogen) atoms. The van der Waals surface area contributed by atoms with Crippen LogP contribution < -0.4 is 18.8 Å². The molecule has 5 nitrogen and oxygen atoms in total. The highest BCUT2D eigenvalue weighted by Crippen LogP contribution is 2.35. The molecule has 0 atom stereocenters. The maximum atomic E-state index is 5.53. The first-order valence-corrected chi connectivity index (χ1v) is 10.5. The van der Waals surface area contributed by atoms with Gasteiger partial charge in [0.1, 0.15) is 5.75 Å². The predicted octanol–water partition coefficient (Wildman–Crippen LogP) is 3.57. The van der Waals surface area contributed by atoms with Crippen molar-refractivity contribution in [1.82, 2.24) is 0 Å². The monoisotopic (exact) mass is 418 g/mol. The molecular weight excluding hydrogens is 384 g/mol. The average molecular weight is 419 g/mol. The Kier molecular flexibility index (Phi) is 8.86. The maximum absolute atomic E-state index is 5.53. The van der Waals surface area contributed by atoms with E-state index in [0.717, 1.165) is 53.3 Å². The van der Waals surface area contributed by atoms with E-state index in [0.29, 0.717) is 11.5 Å². The normalized spacial score (nSPS) is 11.7. The molecule has 0 aliphatic heterocycles. The van der Waals surface area contributed by atoms with E-state index >= 15 is 0 Å². The molecule has 0 spiro atoms. The summed E-state index contributed by atoms with van der Waals surface area (Å²) in [6, 6.07) is 10.0. The molecule has 2 aromatic rings. The van der Waals surface area contributed by atoms with E-state index in [1.807, 2.05) is 18.2 Å². The Bertz CT molecular complexity index is 822. The molecule has 0 N–H and O–H groups in total. The first kappa shape index (κ1) is 23.1. The van der Waals surface area contributed by atoms with Crippen molar-refractivity contribution in [3.63, 3.8) is 0 Å². The van der Waals surface area contributed by atoms with Crippen LogP contribution in [0.4, 0.5) is 0 Å². The molecule has 158 valence electrons. The Morgan fingerprint density at radius 3 is 2.28 bits per heavy atom. The molecule has 0 radical (unpaired) electrons. The first-order chi connectivity index (χ1) is 13.9. The lowest BCUT2D eigenvalue weighted by Crippen LogP contribution is -2.44. The zero-order valence-electron chi connectivity index (χ0n) is 18.2. The molecule has 1 heterocycles. The van der Waals surface area contributed by atoms with Crippen molar-refractivity contribution in [3.05, 3.63) is 47.8 Å². The van der Waals surface area contributed by atoms with Gasteiger partial charge in [-0.25, -0.2) is 0 Å². The maximum Gasteiger partial charge on any atom is 0.205 e. The fourth-order valence-electron chi connectivity index (χ4n) is 3.25. The molecule has 0 fully saturated rings. The van der Waals surface area contributed by atoms with Gasteiger partial charge in [-0.05, 0) is 18.2 Å². The van der Waals surface area contributed by atoms with Crippen LogP contribution in [0.1, 0.15) is 17.7 Å².